The van der Waals surface area contributed by atoms with Crippen molar-refractivity contribution in [1.82, 2.24) is 14.6 Å². The van der Waals surface area contributed by atoms with E-state index in [2.05, 4.69) is 15.4 Å². The van der Waals surface area contributed by atoms with Crippen LogP contribution in [0.3, 0.4) is 0 Å². The van der Waals surface area contributed by atoms with Gasteiger partial charge in [-0.1, -0.05) is 12.1 Å². The van der Waals surface area contributed by atoms with Crippen LogP contribution in [-0.2, 0) is 0 Å². The highest BCUT2D eigenvalue weighted by Crippen LogP contribution is 2.16. The van der Waals surface area contributed by atoms with Crippen LogP contribution >= 0.6 is 0 Å². The molecule has 1 amide bonds. The minimum absolute atomic E-state index is 0.346. The molecule has 0 radical (unpaired) electrons. The number of carbonyl (C=O) groups is 1. The number of amides is 1. The molecule has 0 aliphatic rings. The quantitative estimate of drug-likeness (QED) is 0.764. The minimum atomic E-state index is -0.346. The zero-order valence-corrected chi connectivity index (χ0v) is 10.3. The Balaban J connectivity index is 1.96. The zero-order valence-electron chi connectivity index (χ0n) is 10.3. The summed E-state index contributed by atoms with van der Waals surface area (Å²) in [7, 11) is 0. The fourth-order valence-electron chi connectivity index (χ4n) is 1.87. The molecular weight excluding hydrogens is 254 g/mol. The first-order chi connectivity index (χ1) is 9.79. The molecule has 0 saturated carbocycles. The van der Waals surface area contributed by atoms with Gasteiger partial charge in [0.2, 0.25) is 0 Å². The average molecular weight is 263 g/mol. The maximum Gasteiger partial charge on any atom is 0.261 e. The summed E-state index contributed by atoms with van der Waals surface area (Å²) >= 11 is 0. The van der Waals surface area contributed by atoms with Gasteiger partial charge < -0.3 is 5.32 Å². The number of rotatable bonds is 2. The van der Waals surface area contributed by atoms with E-state index in [1.165, 1.54) is 10.7 Å². The fraction of sp³-hybridized carbons (Fsp3) is 0. The van der Waals surface area contributed by atoms with E-state index < -0.39 is 0 Å². The predicted octanol–water partition coefficient (Wildman–Crippen LogP) is 1.85. The van der Waals surface area contributed by atoms with Crippen LogP contribution in [0.2, 0.25) is 0 Å². The van der Waals surface area contributed by atoms with Crippen molar-refractivity contribution in [2.75, 3.05) is 5.32 Å². The molecule has 1 aromatic carbocycles. The van der Waals surface area contributed by atoms with Gasteiger partial charge in [-0.05, 0) is 18.2 Å². The van der Waals surface area contributed by atoms with Crippen molar-refractivity contribution in [1.29, 1.82) is 5.26 Å². The highest BCUT2D eigenvalue weighted by Gasteiger charge is 2.14. The first kappa shape index (κ1) is 11.9. The molecule has 1 N–H and O–H groups in total. The Morgan fingerprint density at radius 3 is 3.00 bits per heavy atom. The van der Waals surface area contributed by atoms with Crippen LogP contribution in [0.25, 0.3) is 5.65 Å². The summed E-state index contributed by atoms with van der Waals surface area (Å²) in [6, 6.07) is 10.6. The topological polar surface area (TPSA) is 83.1 Å². The maximum absolute atomic E-state index is 12.2. The normalized spacial score (nSPS) is 10.2. The van der Waals surface area contributed by atoms with Gasteiger partial charge in [-0.25, -0.2) is 9.50 Å². The molecule has 3 rings (SSSR count). The first-order valence-corrected chi connectivity index (χ1v) is 5.88. The number of hydrogen-bond acceptors (Lipinski definition) is 4. The number of fused-ring (bicyclic) bond motifs is 1. The molecule has 6 nitrogen and oxygen atoms in total. The third kappa shape index (κ3) is 1.97. The van der Waals surface area contributed by atoms with Crippen molar-refractivity contribution in [3.05, 3.63) is 60.0 Å². The molecule has 3 aromatic rings. The van der Waals surface area contributed by atoms with E-state index >= 15 is 0 Å². The number of carbonyl (C=O) groups excluding carboxylic acids is 1. The standard InChI is InChI=1S/C14H9N5O/c15-8-10-4-1-2-5-12(10)18-14(20)11-9-17-19-7-3-6-16-13(11)19/h1-7,9H,(H,18,20). The van der Waals surface area contributed by atoms with Crippen LogP contribution in [0.15, 0.2) is 48.9 Å². The Morgan fingerprint density at radius 1 is 1.30 bits per heavy atom. The van der Waals surface area contributed by atoms with E-state index in [9.17, 15) is 4.79 Å². The second-order valence-electron chi connectivity index (χ2n) is 4.06. The van der Waals surface area contributed by atoms with Crippen molar-refractivity contribution < 1.29 is 4.79 Å². The van der Waals surface area contributed by atoms with Crippen molar-refractivity contribution >= 4 is 17.2 Å². The molecule has 0 aliphatic heterocycles. The molecule has 96 valence electrons. The first-order valence-electron chi connectivity index (χ1n) is 5.88. The van der Waals surface area contributed by atoms with Crippen LogP contribution < -0.4 is 5.32 Å². The third-order valence-electron chi connectivity index (χ3n) is 2.82. The van der Waals surface area contributed by atoms with E-state index in [1.807, 2.05) is 6.07 Å². The Morgan fingerprint density at radius 2 is 2.15 bits per heavy atom. The van der Waals surface area contributed by atoms with Gasteiger partial charge in [-0.2, -0.15) is 10.4 Å². The van der Waals surface area contributed by atoms with Crippen LogP contribution in [0.1, 0.15) is 15.9 Å². The molecule has 6 heteroatoms. The van der Waals surface area contributed by atoms with Gasteiger partial charge in [0.25, 0.3) is 5.91 Å². The van der Waals surface area contributed by atoms with Gasteiger partial charge in [0.05, 0.1) is 17.4 Å². The molecule has 2 aromatic heterocycles. The Labute approximate surface area is 114 Å². The Bertz CT molecular complexity index is 831. The van der Waals surface area contributed by atoms with E-state index in [0.29, 0.717) is 22.5 Å². The molecule has 2 heterocycles. The summed E-state index contributed by atoms with van der Waals surface area (Å²) in [6.45, 7) is 0. The monoisotopic (exact) mass is 263 g/mol. The highest BCUT2D eigenvalue weighted by molar-refractivity contribution is 6.08. The molecule has 0 bridgehead atoms. The molecular formula is C14H9N5O. The van der Waals surface area contributed by atoms with E-state index in [0.717, 1.165) is 0 Å². The lowest BCUT2D eigenvalue weighted by atomic mass is 10.2. The summed E-state index contributed by atoms with van der Waals surface area (Å²) < 4.78 is 1.52. The van der Waals surface area contributed by atoms with Gasteiger partial charge in [0.15, 0.2) is 5.65 Å². The number of para-hydroxylation sites is 1. The minimum Gasteiger partial charge on any atom is -0.321 e. The summed E-state index contributed by atoms with van der Waals surface area (Å²) in [5.41, 5.74) is 1.71. The third-order valence-corrected chi connectivity index (χ3v) is 2.82. The van der Waals surface area contributed by atoms with Crippen LogP contribution in [0.5, 0.6) is 0 Å². The van der Waals surface area contributed by atoms with Crippen LogP contribution in [0, 0.1) is 11.3 Å². The predicted molar refractivity (Wildman–Crippen MR) is 72.1 cm³/mol. The number of benzene rings is 1. The van der Waals surface area contributed by atoms with Crippen molar-refractivity contribution in [3.8, 4) is 6.07 Å². The Kier molecular flexibility index (Phi) is 2.86. The SMILES string of the molecule is N#Cc1ccccc1NC(=O)c1cnn2cccnc12. The molecule has 0 saturated heterocycles. The number of hydrogen-bond donors (Lipinski definition) is 1. The van der Waals surface area contributed by atoms with Gasteiger partial charge in [0.1, 0.15) is 11.6 Å². The van der Waals surface area contributed by atoms with Crippen molar-refractivity contribution in [2.45, 2.75) is 0 Å². The zero-order chi connectivity index (χ0) is 13.9. The van der Waals surface area contributed by atoms with Gasteiger partial charge >= 0.3 is 0 Å². The van der Waals surface area contributed by atoms with Crippen LogP contribution in [0.4, 0.5) is 5.69 Å². The number of nitrogens with one attached hydrogen (secondary N) is 1. The molecule has 0 atom stereocenters. The second kappa shape index (κ2) is 4.82. The van der Waals surface area contributed by atoms with Crippen LogP contribution in [-0.4, -0.2) is 20.5 Å². The van der Waals surface area contributed by atoms with E-state index in [4.69, 9.17) is 5.26 Å². The van der Waals surface area contributed by atoms with Gasteiger partial charge in [0, 0.05) is 12.4 Å². The second-order valence-corrected chi connectivity index (χ2v) is 4.06. The smallest absolute Gasteiger partial charge is 0.261 e. The number of anilines is 1. The van der Waals surface area contributed by atoms with Crippen molar-refractivity contribution in [2.24, 2.45) is 0 Å². The largest absolute Gasteiger partial charge is 0.321 e. The number of aromatic nitrogens is 3. The summed E-state index contributed by atoms with van der Waals surface area (Å²) in [5.74, 6) is -0.346. The summed E-state index contributed by atoms with van der Waals surface area (Å²) in [6.07, 6.45) is 4.76. The lowest BCUT2D eigenvalue weighted by molar-refractivity contribution is 0.102. The lowest BCUT2D eigenvalue weighted by Crippen LogP contribution is -2.13. The summed E-state index contributed by atoms with van der Waals surface area (Å²) in [5, 5.41) is 15.8. The van der Waals surface area contributed by atoms with E-state index in [-0.39, 0.29) is 5.91 Å². The molecule has 0 fully saturated rings. The average Bonchev–Trinajstić information content (AvgIpc) is 2.92. The van der Waals surface area contributed by atoms with E-state index in [1.54, 1.807) is 42.7 Å². The van der Waals surface area contributed by atoms with Gasteiger partial charge in [-0.3, -0.25) is 4.79 Å². The fourth-order valence-corrected chi connectivity index (χ4v) is 1.87. The summed E-state index contributed by atoms with van der Waals surface area (Å²) in [4.78, 5) is 16.4. The molecule has 0 spiro atoms. The number of nitriles is 1. The highest BCUT2D eigenvalue weighted by atomic mass is 16.1. The molecule has 20 heavy (non-hydrogen) atoms. The maximum atomic E-state index is 12.2. The van der Waals surface area contributed by atoms with Gasteiger partial charge in [-0.15, -0.1) is 0 Å². The Hall–Kier alpha value is -3.20. The molecule has 0 unspecified atom stereocenters. The molecule has 0 aliphatic carbocycles. The lowest BCUT2D eigenvalue weighted by Gasteiger charge is -2.05. The number of nitrogens with zero attached hydrogens (tertiary/aromatic N) is 4. The van der Waals surface area contributed by atoms with Crippen molar-refractivity contribution in [3.63, 3.8) is 0 Å².